The Kier molecular flexibility index (Phi) is 6.61. The first-order valence-electron chi connectivity index (χ1n) is 7.13. The third kappa shape index (κ3) is 5.85. The normalized spacial score (nSPS) is 10.3. The van der Waals surface area contributed by atoms with Crippen LogP contribution < -0.4 is 10.6 Å². The molecule has 0 aliphatic rings. The van der Waals surface area contributed by atoms with Crippen LogP contribution in [0.4, 0.5) is 11.4 Å². The average molecular weight is 367 g/mol. The molecule has 24 heavy (non-hydrogen) atoms. The van der Waals surface area contributed by atoms with Gasteiger partial charge in [-0.05, 0) is 48.9 Å². The van der Waals surface area contributed by atoms with Crippen molar-refractivity contribution in [3.8, 4) is 0 Å². The molecule has 0 unspecified atom stereocenters. The van der Waals surface area contributed by atoms with E-state index in [9.17, 15) is 9.59 Å². The van der Waals surface area contributed by atoms with E-state index in [1.807, 2.05) is 6.92 Å². The molecule has 2 N–H and O–H groups in total. The molecule has 2 amide bonds. The minimum Gasteiger partial charge on any atom is -0.362 e. The molecule has 126 valence electrons. The fraction of sp³-hybridized carbons (Fsp3) is 0.176. The third-order valence-corrected chi connectivity index (χ3v) is 3.71. The number of anilines is 2. The second-order valence-corrected chi connectivity index (χ2v) is 5.90. The summed E-state index contributed by atoms with van der Waals surface area (Å²) in [4.78, 5) is 23.5. The molecule has 0 saturated carbocycles. The van der Waals surface area contributed by atoms with Gasteiger partial charge in [-0.2, -0.15) is 0 Å². The molecule has 2 aromatic carbocycles. The number of aryl methyl sites for hydroxylation is 1. The molecule has 0 radical (unpaired) electrons. The van der Waals surface area contributed by atoms with E-state index < -0.39 is 0 Å². The van der Waals surface area contributed by atoms with Gasteiger partial charge in [0, 0.05) is 21.4 Å². The van der Waals surface area contributed by atoms with Crippen molar-refractivity contribution in [3.63, 3.8) is 0 Å². The van der Waals surface area contributed by atoms with E-state index in [1.54, 1.807) is 42.5 Å². The molecule has 0 spiro atoms. The van der Waals surface area contributed by atoms with E-state index in [2.05, 4.69) is 10.6 Å². The molecule has 5 nitrogen and oxygen atoms in total. The number of halogens is 2. The van der Waals surface area contributed by atoms with Gasteiger partial charge >= 0.3 is 0 Å². The Labute approximate surface area is 149 Å². The van der Waals surface area contributed by atoms with Crippen LogP contribution in [-0.4, -0.2) is 25.0 Å². The average Bonchev–Trinajstić information content (AvgIpc) is 2.53. The first-order valence-corrected chi connectivity index (χ1v) is 7.89. The summed E-state index contributed by atoms with van der Waals surface area (Å²) in [5, 5.41) is 6.43. The van der Waals surface area contributed by atoms with E-state index in [4.69, 9.17) is 27.9 Å². The van der Waals surface area contributed by atoms with Crippen LogP contribution in [0.3, 0.4) is 0 Å². The molecule has 0 saturated heterocycles. The molecule has 0 aliphatic carbocycles. The Bertz CT molecular complexity index is 733. The number of carbonyl (C=O) groups is 2. The van der Waals surface area contributed by atoms with Gasteiger partial charge < -0.3 is 15.4 Å². The van der Waals surface area contributed by atoms with E-state index in [1.165, 1.54) is 0 Å². The van der Waals surface area contributed by atoms with Crippen LogP contribution in [0.1, 0.15) is 5.56 Å². The van der Waals surface area contributed by atoms with Gasteiger partial charge in [0.2, 0.25) is 11.8 Å². The molecule has 0 aromatic heterocycles. The summed E-state index contributed by atoms with van der Waals surface area (Å²) in [5.74, 6) is -0.724. The molecular weight excluding hydrogens is 351 g/mol. The van der Waals surface area contributed by atoms with Crippen LogP contribution >= 0.6 is 23.2 Å². The molecule has 0 heterocycles. The van der Waals surface area contributed by atoms with Crippen molar-refractivity contribution >= 4 is 46.4 Å². The van der Waals surface area contributed by atoms with E-state index in [-0.39, 0.29) is 25.0 Å². The van der Waals surface area contributed by atoms with Crippen LogP contribution in [0.15, 0.2) is 42.5 Å². The minimum absolute atomic E-state index is 0.231. The third-order valence-electron chi connectivity index (χ3n) is 3.05. The lowest BCUT2D eigenvalue weighted by molar-refractivity contribution is -0.125. The fourth-order valence-electron chi connectivity index (χ4n) is 1.83. The van der Waals surface area contributed by atoms with E-state index >= 15 is 0 Å². The number of benzene rings is 2. The van der Waals surface area contributed by atoms with Crippen molar-refractivity contribution < 1.29 is 14.3 Å². The minimum atomic E-state index is -0.366. The Morgan fingerprint density at radius 2 is 1.46 bits per heavy atom. The lowest BCUT2D eigenvalue weighted by atomic mass is 10.2. The highest BCUT2D eigenvalue weighted by atomic mass is 35.5. The second kappa shape index (κ2) is 8.68. The predicted molar refractivity (Wildman–Crippen MR) is 95.7 cm³/mol. The molecule has 2 rings (SSSR count). The molecule has 0 bridgehead atoms. The maximum atomic E-state index is 11.8. The van der Waals surface area contributed by atoms with Gasteiger partial charge in [-0.25, -0.2) is 0 Å². The quantitative estimate of drug-likeness (QED) is 0.814. The summed E-state index contributed by atoms with van der Waals surface area (Å²) in [6.07, 6.45) is 0. The number of hydrogen-bond donors (Lipinski definition) is 2. The molecule has 7 heteroatoms. The largest absolute Gasteiger partial charge is 0.362 e. The Hall–Kier alpha value is -2.08. The summed E-state index contributed by atoms with van der Waals surface area (Å²) >= 11 is 11.7. The Morgan fingerprint density at radius 3 is 2.04 bits per heavy atom. The first-order chi connectivity index (χ1) is 11.4. The van der Waals surface area contributed by atoms with Crippen LogP contribution in [0.2, 0.25) is 10.0 Å². The van der Waals surface area contributed by atoms with Crippen LogP contribution in [0, 0.1) is 6.92 Å². The van der Waals surface area contributed by atoms with Crippen molar-refractivity contribution in [2.24, 2.45) is 0 Å². The van der Waals surface area contributed by atoms with Gasteiger partial charge in [0.25, 0.3) is 0 Å². The van der Waals surface area contributed by atoms with Gasteiger partial charge in [-0.15, -0.1) is 0 Å². The molecular formula is C17H16Cl2N2O3. The molecule has 0 atom stereocenters. The number of amides is 2. The Balaban J connectivity index is 1.72. The van der Waals surface area contributed by atoms with Gasteiger partial charge in [-0.3, -0.25) is 9.59 Å². The lowest BCUT2D eigenvalue weighted by Crippen LogP contribution is -2.23. The zero-order valence-electron chi connectivity index (χ0n) is 12.9. The number of rotatable bonds is 6. The number of carbonyl (C=O) groups excluding carboxylic acids is 2. The van der Waals surface area contributed by atoms with Crippen LogP contribution in [-0.2, 0) is 14.3 Å². The van der Waals surface area contributed by atoms with Crippen LogP contribution in [0.5, 0.6) is 0 Å². The predicted octanol–water partition coefficient (Wildman–Crippen LogP) is 3.90. The number of nitrogens with one attached hydrogen (secondary N) is 2. The summed E-state index contributed by atoms with van der Waals surface area (Å²) in [6.45, 7) is 1.40. The highest BCUT2D eigenvalue weighted by Gasteiger charge is 2.07. The SMILES string of the molecule is Cc1ccc(NC(=O)COCC(=O)Nc2ccc(Cl)cc2)cc1Cl. The van der Waals surface area contributed by atoms with Crippen molar-refractivity contribution in [2.45, 2.75) is 6.92 Å². The number of ether oxygens (including phenoxy) is 1. The summed E-state index contributed by atoms with van der Waals surface area (Å²) in [7, 11) is 0. The monoisotopic (exact) mass is 366 g/mol. The lowest BCUT2D eigenvalue weighted by Gasteiger charge is -2.08. The van der Waals surface area contributed by atoms with Crippen molar-refractivity contribution in [3.05, 3.63) is 58.1 Å². The van der Waals surface area contributed by atoms with Crippen molar-refractivity contribution in [2.75, 3.05) is 23.8 Å². The van der Waals surface area contributed by atoms with Crippen molar-refractivity contribution in [1.82, 2.24) is 0 Å². The van der Waals surface area contributed by atoms with E-state index in [0.717, 1.165) is 5.56 Å². The van der Waals surface area contributed by atoms with Gasteiger partial charge in [0.05, 0.1) is 0 Å². The standard InChI is InChI=1S/C17H16Cl2N2O3/c1-11-2-5-14(8-15(11)19)21-17(23)10-24-9-16(22)20-13-6-3-12(18)4-7-13/h2-8H,9-10H2,1H3,(H,20,22)(H,21,23). The highest BCUT2D eigenvalue weighted by Crippen LogP contribution is 2.19. The summed E-state index contributed by atoms with van der Waals surface area (Å²) < 4.78 is 5.10. The molecule has 0 aliphatic heterocycles. The maximum absolute atomic E-state index is 11.8. The summed E-state index contributed by atoms with van der Waals surface area (Å²) in [5.41, 5.74) is 2.10. The topological polar surface area (TPSA) is 67.4 Å². The Morgan fingerprint density at radius 1 is 0.917 bits per heavy atom. The smallest absolute Gasteiger partial charge is 0.250 e. The van der Waals surface area contributed by atoms with E-state index in [0.29, 0.717) is 21.4 Å². The zero-order valence-corrected chi connectivity index (χ0v) is 14.4. The van der Waals surface area contributed by atoms with Gasteiger partial charge in [0.1, 0.15) is 13.2 Å². The maximum Gasteiger partial charge on any atom is 0.250 e. The number of hydrogen-bond acceptors (Lipinski definition) is 3. The van der Waals surface area contributed by atoms with Crippen molar-refractivity contribution in [1.29, 1.82) is 0 Å². The first kappa shape index (κ1) is 18.3. The molecule has 0 fully saturated rings. The fourth-order valence-corrected chi connectivity index (χ4v) is 2.14. The van der Waals surface area contributed by atoms with Gasteiger partial charge in [0.15, 0.2) is 0 Å². The van der Waals surface area contributed by atoms with Crippen LogP contribution in [0.25, 0.3) is 0 Å². The molecule has 2 aromatic rings. The zero-order chi connectivity index (χ0) is 17.5. The summed E-state index contributed by atoms with van der Waals surface area (Å²) in [6, 6.07) is 11.9. The van der Waals surface area contributed by atoms with Gasteiger partial charge in [-0.1, -0.05) is 29.3 Å². The second-order valence-electron chi connectivity index (χ2n) is 5.06. The highest BCUT2D eigenvalue weighted by molar-refractivity contribution is 6.31.